The predicted octanol–water partition coefficient (Wildman–Crippen LogP) is 0.993. The molecule has 0 amide bonds. The first-order valence-electron chi connectivity index (χ1n) is 3.25. The topological polar surface area (TPSA) is 83.8 Å². The van der Waals surface area contributed by atoms with Crippen LogP contribution in [0, 0.1) is 5.92 Å². The molecule has 5 nitrogen and oxygen atoms in total. The standard InChI is InChI=1S/C6H11O5P/c1-3(2)6(12,4(7)8)11-5(9)10/h3H,12H2,1-2H3,(H,7,8)(H,9,10). The van der Waals surface area contributed by atoms with Gasteiger partial charge in [0.1, 0.15) is 0 Å². The Labute approximate surface area is 71.9 Å². The third kappa shape index (κ3) is 2.34. The summed E-state index contributed by atoms with van der Waals surface area (Å²) in [7, 11) is 1.89. The zero-order valence-corrected chi connectivity index (χ0v) is 7.93. The zero-order valence-electron chi connectivity index (χ0n) is 6.77. The van der Waals surface area contributed by atoms with Crippen LogP contribution in [0.3, 0.4) is 0 Å². The van der Waals surface area contributed by atoms with Crippen molar-refractivity contribution in [2.75, 3.05) is 0 Å². The number of hydrogen-bond acceptors (Lipinski definition) is 3. The van der Waals surface area contributed by atoms with Gasteiger partial charge in [-0.25, -0.2) is 9.59 Å². The van der Waals surface area contributed by atoms with Gasteiger partial charge in [0.25, 0.3) is 0 Å². The van der Waals surface area contributed by atoms with Crippen LogP contribution in [0.15, 0.2) is 0 Å². The summed E-state index contributed by atoms with van der Waals surface area (Å²) >= 11 is 0. The molecular weight excluding hydrogens is 183 g/mol. The van der Waals surface area contributed by atoms with E-state index in [9.17, 15) is 9.59 Å². The molecule has 0 fully saturated rings. The van der Waals surface area contributed by atoms with Crippen molar-refractivity contribution in [1.82, 2.24) is 0 Å². The molecule has 2 unspecified atom stereocenters. The fourth-order valence-electron chi connectivity index (χ4n) is 0.553. The average molecular weight is 194 g/mol. The van der Waals surface area contributed by atoms with Crippen LogP contribution in [0.1, 0.15) is 13.8 Å². The van der Waals surface area contributed by atoms with E-state index in [0.717, 1.165) is 0 Å². The van der Waals surface area contributed by atoms with Crippen LogP contribution in [0.5, 0.6) is 0 Å². The number of carboxylic acid groups (broad SMARTS) is 2. The van der Waals surface area contributed by atoms with Gasteiger partial charge in [0, 0.05) is 5.92 Å². The first-order valence-corrected chi connectivity index (χ1v) is 3.82. The first-order chi connectivity index (χ1) is 5.30. The smallest absolute Gasteiger partial charge is 0.478 e. The number of ether oxygens (including phenoxy) is 1. The predicted molar refractivity (Wildman–Crippen MR) is 44.0 cm³/mol. The van der Waals surface area contributed by atoms with Crippen LogP contribution >= 0.6 is 9.24 Å². The highest BCUT2D eigenvalue weighted by Crippen LogP contribution is 2.29. The molecular formula is C6H11O5P. The Hall–Kier alpha value is -0.830. The van der Waals surface area contributed by atoms with Crippen LogP contribution in [0.25, 0.3) is 0 Å². The summed E-state index contributed by atoms with van der Waals surface area (Å²) in [6.45, 7) is 3.12. The molecule has 0 aromatic rings. The maximum Gasteiger partial charge on any atom is 0.507 e. The minimum atomic E-state index is -1.74. The molecule has 0 aromatic heterocycles. The molecule has 0 rings (SSSR count). The van der Waals surface area contributed by atoms with Crippen molar-refractivity contribution in [2.45, 2.75) is 19.2 Å². The highest BCUT2D eigenvalue weighted by molar-refractivity contribution is 7.20. The molecule has 0 radical (unpaired) electrons. The Morgan fingerprint density at radius 3 is 1.92 bits per heavy atom. The van der Waals surface area contributed by atoms with Crippen molar-refractivity contribution in [3.8, 4) is 0 Å². The van der Waals surface area contributed by atoms with Crippen LogP contribution in [-0.4, -0.2) is 27.7 Å². The molecule has 0 aliphatic heterocycles. The second-order valence-electron chi connectivity index (χ2n) is 2.62. The van der Waals surface area contributed by atoms with E-state index in [1.807, 2.05) is 9.24 Å². The molecule has 0 saturated carbocycles. The van der Waals surface area contributed by atoms with Gasteiger partial charge in [-0.3, -0.25) is 0 Å². The maximum atomic E-state index is 10.6. The lowest BCUT2D eigenvalue weighted by molar-refractivity contribution is -0.154. The summed E-state index contributed by atoms with van der Waals surface area (Å²) in [5.74, 6) is -1.76. The van der Waals surface area contributed by atoms with E-state index in [2.05, 4.69) is 4.74 Å². The third-order valence-electron chi connectivity index (χ3n) is 1.45. The maximum absolute atomic E-state index is 10.6. The van der Waals surface area contributed by atoms with E-state index in [1.165, 1.54) is 0 Å². The van der Waals surface area contributed by atoms with Crippen LogP contribution < -0.4 is 0 Å². The molecule has 2 atom stereocenters. The van der Waals surface area contributed by atoms with E-state index in [-0.39, 0.29) is 0 Å². The Bertz CT molecular complexity index is 202. The van der Waals surface area contributed by atoms with Gasteiger partial charge in [-0.05, 0) is 0 Å². The minimum Gasteiger partial charge on any atom is -0.478 e. The number of hydrogen-bond donors (Lipinski definition) is 2. The van der Waals surface area contributed by atoms with Gasteiger partial charge in [-0.2, -0.15) is 0 Å². The number of rotatable bonds is 3. The SMILES string of the molecule is CC(C)C(P)(OC(=O)O)C(=O)O. The summed E-state index contributed by atoms with van der Waals surface area (Å²) in [4.78, 5) is 20.7. The molecule has 0 aliphatic carbocycles. The van der Waals surface area contributed by atoms with Crippen molar-refractivity contribution in [1.29, 1.82) is 0 Å². The second-order valence-corrected chi connectivity index (χ2v) is 3.48. The van der Waals surface area contributed by atoms with Gasteiger partial charge in [-0.1, -0.05) is 23.1 Å². The van der Waals surface area contributed by atoms with Gasteiger partial charge >= 0.3 is 12.1 Å². The van der Waals surface area contributed by atoms with Crippen LogP contribution in [0.4, 0.5) is 4.79 Å². The molecule has 0 bridgehead atoms. The second kappa shape index (κ2) is 3.72. The van der Waals surface area contributed by atoms with E-state index < -0.39 is 23.4 Å². The summed E-state index contributed by atoms with van der Waals surface area (Å²) in [6, 6.07) is 0. The van der Waals surface area contributed by atoms with Gasteiger partial charge in [0.05, 0.1) is 0 Å². The van der Waals surface area contributed by atoms with Crippen molar-refractivity contribution >= 4 is 21.4 Å². The Morgan fingerprint density at radius 1 is 1.42 bits per heavy atom. The molecule has 0 saturated heterocycles. The largest absolute Gasteiger partial charge is 0.507 e. The molecule has 70 valence electrons. The fourth-order valence-corrected chi connectivity index (χ4v) is 0.654. The zero-order chi connectivity index (χ0) is 9.94. The summed E-state index contributed by atoms with van der Waals surface area (Å²) in [6.07, 6.45) is -1.60. The lowest BCUT2D eigenvalue weighted by atomic mass is 10.1. The Kier molecular flexibility index (Phi) is 3.46. The average Bonchev–Trinajstić information content (AvgIpc) is 1.84. The quantitative estimate of drug-likeness (QED) is 0.517. The van der Waals surface area contributed by atoms with Gasteiger partial charge in [0.15, 0.2) is 0 Å². The van der Waals surface area contributed by atoms with Gasteiger partial charge in [0.2, 0.25) is 5.34 Å². The van der Waals surface area contributed by atoms with Gasteiger partial charge in [-0.15, -0.1) is 0 Å². The molecule has 12 heavy (non-hydrogen) atoms. The van der Waals surface area contributed by atoms with E-state index in [4.69, 9.17) is 10.2 Å². The van der Waals surface area contributed by atoms with Crippen molar-refractivity contribution < 1.29 is 24.5 Å². The molecule has 0 aliphatic rings. The number of carboxylic acids is 1. The van der Waals surface area contributed by atoms with Crippen molar-refractivity contribution in [2.24, 2.45) is 5.92 Å². The lowest BCUT2D eigenvalue weighted by Gasteiger charge is -2.26. The minimum absolute atomic E-state index is 0.448. The number of aliphatic carboxylic acids is 1. The van der Waals surface area contributed by atoms with E-state index >= 15 is 0 Å². The summed E-state index contributed by atoms with van der Waals surface area (Å²) in [5.41, 5.74) is 0. The Balaban J connectivity index is 4.62. The van der Waals surface area contributed by atoms with Crippen molar-refractivity contribution in [3.05, 3.63) is 0 Å². The summed E-state index contributed by atoms with van der Waals surface area (Å²) in [5, 5.41) is 15.1. The third-order valence-corrected chi connectivity index (χ3v) is 2.48. The highest BCUT2D eigenvalue weighted by Gasteiger charge is 2.41. The molecule has 0 aromatic carbocycles. The monoisotopic (exact) mass is 194 g/mol. The van der Waals surface area contributed by atoms with E-state index in [0.29, 0.717) is 0 Å². The van der Waals surface area contributed by atoms with E-state index in [1.54, 1.807) is 13.8 Å². The molecule has 6 heteroatoms. The molecule has 0 heterocycles. The molecule has 2 N–H and O–H groups in total. The van der Waals surface area contributed by atoms with Crippen molar-refractivity contribution in [3.63, 3.8) is 0 Å². The fraction of sp³-hybridized carbons (Fsp3) is 0.667. The normalized spacial score (nSPS) is 15.3. The molecule has 0 spiro atoms. The summed E-state index contributed by atoms with van der Waals surface area (Å²) < 4.78 is 4.24. The first kappa shape index (κ1) is 11.2. The highest BCUT2D eigenvalue weighted by atomic mass is 31.0. The van der Waals surface area contributed by atoms with Crippen LogP contribution in [-0.2, 0) is 9.53 Å². The Morgan fingerprint density at radius 2 is 1.83 bits per heavy atom. The number of carbonyl (C=O) groups is 2. The van der Waals surface area contributed by atoms with Crippen LogP contribution in [0.2, 0.25) is 0 Å². The van der Waals surface area contributed by atoms with Gasteiger partial charge < -0.3 is 14.9 Å². The lowest BCUT2D eigenvalue weighted by Crippen LogP contribution is -2.41.